The Morgan fingerprint density at radius 3 is 2.70 bits per heavy atom. The maximum Gasteiger partial charge on any atom is 0.120 e. The summed E-state index contributed by atoms with van der Waals surface area (Å²) in [7, 11) is 0. The fourth-order valence-corrected chi connectivity index (χ4v) is 3.27. The number of aliphatic hydroxyl groups is 1. The molecule has 0 unspecified atom stereocenters. The molecule has 1 N–H and O–H groups in total. The first-order valence-corrected chi connectivity index (χ1v) is 8.32. The van der Waals surface area contributed by atoms with Crippen LogP contribution >= 0.6 is 15.9 Å². The lowest BCUT2D eigenvalue weighted by molar-refractivity contribution is 0.106. The fourth-order valence-electron chi connectivity index (χ4n) is 2.89. The summed E-state index contributed by atoms with van der Waals surface area (Å²) < 4.78 is 6.84. The summed E-state index contributed by atoms with van der Waals surface area (Å²) in [5, 5.41) is 9.23. The number of aliphatic hydroxyl groups excluding tert-OH is 1. The van der Waals surface area contributed by atoms with Crippen molar-refractivity contribution in [3.8, 4) is 5.75 Å². The van der Waals surface area contributed by atoms with Crippen LogP contribution in [-0.4, -0.2) is 42.4 Å². The van der Waals surface area contributed by atoms with E-state index in [2.05, 4.69) is 20.8 Å². The van der Waals surface area contributed by atoms with Crippen LogP contribution in [0.1, 0.15) is 32.1 Å². The molecule has 0 saturated heterocycles. The molecule has 1 aliphatic carbocycles. The van der Waals surface area contributed by atoms with Crippen molar-refractivity contribution >= 4 is 15.9 Å². The van der Waals surface area contributed by atoms with E-state index in [0.29, 0.717) is 12.6 Å². The summed E-state index contributed by atoms with van der Waals surface area (Å²) in [6, 6.07) is 8.56. The number of halogens is 1. The number of nitrogens with zero attached hydrogens (tertiary/aromatic N) is 1. The van der Waals surface area contributed by atoms with E-state index in [1.165, 1.54) is 32.1 Å². The molecule has 4 heteroatoms. The highest BCUT2D eigenvalue weighted by atomic mass is 79.9. The number of rotatable bonds is 7. The van der Waals surface area contributed by atoms with Crippen molar-refractivity contribution in [1.29, 1.82) is 0 Å². The van der Waals surface area contributed by atoms with Gasteiger partial charge in [0.2, 0.25) is 0 Å². The molecule has 0 aliphatic heterocycles. The SMILES string of the molecule is OCCN(CCOc1cccc(Br)c1)C1CCCCC1. The van der Waals surface area contributed by atoms with E-state index in [-0.39, 0.29) is 6.61 Å². The second-order valence-corrected chi connectivity index (χ2v) is 6.27. The minimum Gasteiger partial charge on any atom is -0.492 e. The second-order valence-electron chi connectivity index (χ2n) is 5.36. The van der Waals surface area contributed by atoms with Crippen LogP contribution in [-0.2, 0) is 0 Å². The maximum atomic E-state index is 9.23. The van der Waals surface area contributed by atoms with Gasteiger partial charge in [0.25, 0.3) is 0 Å². The Morgan fingerprint density at radius 2 is 2.00 bits per heavy atom. The van der Waals surface area contributed by atoms with Crippen molar-refractivity contribution in [2.45, 2.75) is 38.1 Å². The molecule has 0 amide bonds. The van der Waals surface area contributed by atoms with Gasteiger partial charge in [-0.15, -0.1) is 0 Å². The molecule has 112 valence electrons. The van der Waals surface area contributed by atoms with E-state index in [1.54, 1.807) is 0 Å². The zero-order chi connectivity index (χ0) is 14.2. The lowest BCUT2D eigenvalue weighted by atomic mass is 9.94. The highest BCUT2D eigenvalue weighted by molar-refractivity contribution is 9.10. The molecule has 3 nitrogen and oxygen atoms in total. The Hall–Kier alpha value is -0.580. The molecule has 0 atom stereocenters. The monoisotopic (exact) mass is 341 g/mol. The number of hydrogen-bond acceptors (Lipinski definition) is 3. The number of benzene rings is 1. The van der Waals surface area contributed by atoms with E-state index in [1.807, 2.05) is 24.3 Å². The third-order valence-corrected chi connectivity index (χ3v) is 4.41. The van der Waals surface area contributed by atoms with E-state index in [9.17, 15) is 5.11 Å². The van der Waals surface area contributed by atoms with Crippen molar-refractivity contribution in [2.75, 3.05) is 26.3 Å². The molecule has 0 radical (unpaired) electrons. The second kappa shape index (κ2) is 8.65. The molecule has 20 heavy (non-hydrogen) atoms. The quantitative estimate of drug-likeness (QED) is 0.824. The summed E-state index contributed by atoms with van der Waals surface area (Å²) in [6.07, 6.45) is 6.52. The van der Waals surface area contributed by atoms with Crippen LogP contribution in [0, 0.1) is 0 Å². The highest BCUT2D eigenvalue weighted by Crippen LogP contribution is 2.22. The molecular formula is C16H24BrNO2. The molecule has 1 fully saturated rings. The summed E-state index contributed by atoms with van der Waals surface area (Å²) in [4.78, 5) is 2.39. The molecule has 1 aromatic carbocycles. The Bertz CT molecular complexity index is 394. The Morgan fingerprint density at radius 1 is 1.20 bits per heavy atom. The first-order chi connectivity index (χ1) is 9.79. The van der Waals surface area contributed by atoms with Gasteiger partial charge in [-0.1, -0.05) is 41.3 Å². The summed E-state index contributed by atoms with van der Waals surface area (Å²) in [6.45, 7) is 2.55. The van der Waals surface area contributed by atoms with Gasteiger partial charge in [0.1, 0.15) is 12.4 Å². The summed E-state index contributed by atoms with van der Waals surface area (Å²) in [5.74, 6) is 0.895. The predicted octanol–water partition coefficient (Wildman–Crippen LogP) is 3.45. The topological polar surface area (TPSA) is 32.7 Å². The van der Waals surface area contributed by atoms with Crippen LogP contribution < -0.4 is 4.74 Å². The molecule has 0 spiro atoms. The van der Waals surface area contributed by atoms with Gasteiger partial charge in [-0.2, -0.15) is 0 Å². The molecule has 1 saturated carbocycles. The van der Waals surface area contributed by atoms with Crippen LogP contribution in [0.25, 0.3) is 0 Å². The molecular weight excluding hydrogens is 318 g/mol. The number of ether oxygens (including phenoxy) is 1. The van der Waals surface area contributed by atoms with Crippen molar-refractivity contribution in [2.24, 2.45) is 0 Å². The van der Waals surface area contributed by atoms with Gasteiger partial charge in [-0.25, -0.2) is 0 Å². The summed E-state index contributed by atoms with van der Waals surface area (Å²) in [5.41, 5.74) is 0. The highest BCUT2D eigenvalue weighted by Gasteiger charge is 2.20. The molecule has 0 aromatic heterocycles. The molecule has 2 rings (SSSR count). The lowest BCUT2D eigenvalue weighted by Gasteiger charge is -2.33. The van der Waals surface area contributed by atoms with Crippen LogP contribution in [0.5, 0.6) is 5.75 Å². The average Bonchev–Trinajstić information content (AvgIpc) is 2.47. The zero-order valence-electron chi connectivity index (χ0n) is 11.9. The Labute approximate surface area is 130 Å². The number of hydrogen-bond donors (Lipinski definition) is 1. The minimum atomic E-state index is 0.230. The van der Waals surface area contributed by atoms with Crippen molar-refractivity contribution in [3.63, 3.8) is 0 Å². The van der Waals surface area contributed by atoms with Crippen LogP contribution in [0.2, 0.25) is 0 Å². The normalized spacial score (nSPS) is 16.6. The van der Waals surface area contributed by atoms with Crippen LogP contribution in [0.15, 0.2) is 28.7 Å². The maximum absolute atomic E-state index is 9.23. The van der Waals surface area contributed by atoms with Crippen molar-refractivity contribution in [1.82, 2.24) is 4.90 Å². The lowest BCUT2D eigenvalue weighted by Crippen LogP contribution is -2.41. The molecule has 1 aliphatic rings. The first kappa shape index (κ1) is 15.8. The van der Waals surface area contributed by atoms with Gasteiger partial charge < -0.3 is 9.84 Å². The van der Waals surface area contributed by atoms with E-state index < -0.39 is 0 Å². The summed E-state index contributed by atoms with van der Waals surface area (Å²) >= 11 is 3.45. The Kier molecular flexibility index (Phi) is 6.83. The largest absolute Gasteiger partial charge is 0.492 e. The van der Waals surface area contributed by atoms with E-state index >= 15 is 0 Å². The molecule has 0 bridgehead atoms. The van der Waals surface area contributed by atoms with Gasteiger partial charge in [0, 0.05) is 23.6 Å². The first-order valence-electron chi connectivity index (χ1n) is 7.53. The van der Waals surface area contributed by atoms with Gasteiger partial charge in [-0.05, 0) is 31.0 Å². The van der Waals surface area contributed by atoms with Gasteiger partial charge in [-0.3, -0.25) is 4.90 Å². The standard InChI is InChI=1S/C16H24BrNO2/c17-14-5-4-8-16(13-14)20-12-10-18(9-11-19)15-6-2-1-3-7-15/h4-5,8,13,15,19H,1-3,6-7,9-12H2. The van der Waals surface area contributed by atoms with E-state index in [4.69, 9.17) is 4.74 Å². The minimum absolute atomic E-state index is 0.230. The molecule has 1 aromatic rings. The van der Waals surface area contributed by atoms with Gasteiger partial charge >= 0.3 is 0 Å². The van der Waals surface area contributed by atoms with Crippen molar-refractivity contribution < 1.29 is 9.84 Å². The van der Waals surface area contributed by atoms with Crippen LogP contribution in [0.3, 0.4) is 0 Å². The van der Waals surface area contributed by atoms with E-state index in [0.717, 1.165) is 23.3 Å². The van der Waals surface area contributed by atoms with Crippen LogP contribution in [0.4, 0.5) is 0 Å². The third-order valence-electron chi connectivity index (χ3n) is 3.92. The van der Waals surface area contributed by atoms with Crippen molar-refractivity contribution in [3.05, 3.63) is 28.7 Å². The molecule has 0 heterocycles. The fraction of sp³-hybridized carbons (Fsp3) is 0.625. The third kappa shape index (κ3) is 5.08. The van der Waals surface area contributed by atoms with Gasteiger partial charge in [0.05, 0.1) is 6.61 Å². The van der Waals surface area contributed by atoms with Gasteiger partial charge in [0.15, 0.2) is 0 Å². The Balaban J connectivity index is 1.79. The zero-order valence-corrected chi connectivity index (χ0v) is 13.5. The smallest absolute Gasteiger partial charge is 0.120 e. The average molecular weight is 342 g/mol. The predicted molar refractivity (Wildman–Crippen MR) is 85.2 cm³/mol.